The molecule has 1 saturated heterocycles. The van der Waals surface area contributed by atoms with Crippen LogP contribution in [0.3, 0.4) is 0 Å². The van der Waals surface area contributed by atoms with Gasteiger partial charge in [0.25, 0.3) is 5.56 Å². The molecule has 0 aliphatic carbocycles. The first-order valence-electron chi connectivity index (χ1n) is 9.60. The van der Waals surface area contributed by atoms with Crippen molar-refractivity contribution in [1.29, 1.82) is 0 Å². The molecule has 1 aromatic carbocycles. The average molecular weight is 543 g/mol. The third-order valence-electron chi connectivity index (χ3n) is 4.83. The van der Waals surface area contributed by atoms with Crippen molar-refractivity contribution in [3.05, 3.63) is 68.0 Å². The standard InChI is InChI=1S/C17H21ClN2O12P2/c18-11-3-1-2-10(8-11)4-6-19-13(21)5-7-20(17(19)24)16-15(23)14(22)12(31-16)9-30-34(28,29)32-33(25,26)27/h1-3,5,7-8,12,14-16,22-23H,4,6,9H2,(H,28,29)(H2,25,26,27)/t12-,14+,15?,16-/m1/s1. The highest BCUT2D eigenvalue weighted by atomic mass is 35.5. The van der Waals surface area contributed by atoms with Gasteiger partial charge in [-0.1, -0.05) is 23.7 Å². The SMILES string of the molecule is O=c1ccn([C@@H]2O[C@H](COP(=O)(O)OP(=O)(O)O)[C@H](O)C2O)c(=O)n1CCc1cccc(Cl)c1. The Balaban J connectivity index is 1.76. The Kier molecular flexibility index (Phi) is 8.33. The molecule has 14 nitrogen and oxygen atoms in total. The molecule has 17 heteroatoms. The lowest BCUT2D eigenvalue weighted by atomic mass is 10.1. The van der Waals surface area contributed by atoms with Crippen LogP contribution in [0.2, 0.25) is 5.02 Å². The third kappa shape index (κ3) is 6.72. The monoisotopic (exact) mass is 542 g/mol. The van der Waals surface area contributed by atoms with E-state index in [0.29, 0.717) is 5.02 Å². The lowest BCUT2D eigenvalue weighted by Crippen LogP contribution is -2.43. The van der Waals surface area contributed by atoms with E-state index >= 15 is 0 Å². The fourth-order valence-corrected chi connectivity index (χ4v) is 5.10. The quantitative estimate of drug-likeness (QED) is 0.260. The van der Waals surface area contributed by atoms with E-state index in [4.69, 9.17) is 26.1 Å². The zero-order valence-electron chi connectivity index (χ0n) is 17.2. The van der Waals surface area contributed by atoms with Crippen molar-refractivity contribution >= 4 is 27.2 Å². The van der Waals surface area contributed by atoms with E-state index in [1.807, 2.05) is 0 Å². The van der Waals surface area contributed by atoms with Gasteiger partial charge < -0.3 is 29.6 Å². The van der Waals surface area contributed by atoms with Crippen LogP contribution < -0.4 is 11.2 Å². The number of halogens is 1. The minimum Gasteiger partial charge on any atom is -0.387 e. The Bertz CT molecular complexity index is 1240. The van der Waals surface area contributed by atoms with Crippen LogP contribution in [-0.2, 0) is 35.7 Å². The number of rotatable bonds is 9. The number of hydrogen-bond acceptors (Lipinski definition) is 9. The van der Waals surface area contributed by atoms with Gasteiger partial charge in [-0.25, -0.2) is 13.9 Å². The van der Waals surface area contributed by atoms with Gasteiger partial charge in [0.2, 0.25) is 0 Å². The molecule has 0 radical (unpaired) electrons. The minimum atomic E-state index is -5.36. The highest BCUT2D eigenvalue weighted by molar-refractivity contribution is 7.60. The number of ether oxygens (including phenoxy) is 1. The molecule has 1 aromatic heterocycles. The van der Waals surface area contributed by atoms with Gasteiger partial charge in [-0.3, -0.25) is 18.5 Å². The van der Waals surface area contributed by atoms with Crippen molar-refractivity contribution in [1.82, 2.24) is 9.13 Å². The third-order valence-corrected chi connectivity index (χ3v) is 7.22. The summed E-state index contributed by atoms with van der Waals surface area (Å²) in [6.07, 6.45) is -5.09. The number of phosphoric acid groups is 2. The minimum absolute atomic E-state index is 0.0236. The van der Waals surface area contributed by atoms with Crippen LogP contribution in [0.5, 0.6) is 0 Å². The lowest BCUT2D eigenvalue weighted by Gasteiger charge is -2.19. The maximum Gasteiger partial charge on any atom is 0.481 e. The molecule has 2 unspecified atom stereocenters. The zero-order chi connectivity index (χ0) is 25.3. The predicted molar refractivity (Wildman–Crippen MR) is 115 cm³/mol. The molecular formula is C17H21ClN2O12P2. The average Bonchev–Trinajstić information content (AvgIpc) is 2.99. The van der Waals surface area contributed by atoms with E-state index in [1.165, 1.54) is 0 Å². The molecule has 188 valence electrons. The Hall–Kier alpha value is -1.67. The number of aliphatic hydroxyl groups is 2. The van der Waals surface area contributed by atoms with E-state index in [0.717, 1.165) is 27.0 Å². The van der Waals surface area contributed by atoms with Gasteiger partial charge >= 0.3 is 21.3 Å². The summed E-state index contributed by atoms with van der Waals surface area (Å²) in [4.78, 5) is 51.7. The van der Waals surface area contributed by atoms with Crippen molar-refractivity contribution in [2.24, 2.45) is 0 Å². The molecule has 1 aliphatic rings. The van der Waals surface area contributed by atoms with Crippen LogP contribution >= 0.6 is 27.2 Å². The summed E-state index contributed by atoms with van der Waals surface area (Å²) in [5, 5.41) is 21.0. The summed E-state index contributed by atoms with van der Waals surface area (Å²) in [7, 11) is -10.6. The predicted octanol–water partition coefficient (Wildman–Crippen LogP) is -0.248. The highest BCUT2D eigenvalue weighted by Gasteiger charge is 2.45. The van der Waals surface area contributed by atoms with Crippen molar-refractivity contribution in [2.45, 2.75) is 37.5 Å². The zero-order valence-corrected chi connectivity index (χ0v) is 19.7. The van der Waals surface area contributed by atoms with Crippen LogP contribution in [-0.4, -0.2) is 58.9 Å². The second-order valence-electron chi connectivity index (χ2n) is 7.26. The number of aliphatic hydroxyl groups excluding tert-OH is 2. The van der Waals surface area contributed by atoms with E-state index in [9.17, 15) is 33.8 Å². The Labute approximate surface area is 196 Å². The molecular weight excluding hydrogens is 522 g/mol. The van der Waals surface area contributed by atoms with Crippen molar-refractivity contribution in [2.75, 3.05) is 6.61 Å². The van der Waals surface area contributed by atoms with Crippen molar-refractivity contribution in [3.63, 3.8) is 0 Å². The lowest BCUT2D eigenvalue weighted by molar-refractivity contribution is -0.0548. The summed E-state index contributed by atoms with van der Waals surface area (Å²) < 4.78 is 37.5. The van der Waals surface area contributed by atoms with Crippen molar-refractivity contribution in [3.8, 4) is 0 Å². The molecule has 0 bridgehead atoms. The van der Waals surface area contributed by atoms with Crippen LogP contribution in [0, 0.1) is 0 Å². The molecule has 5 N–H and O–H groups in total. The second kappa shape index (κ2) is 10.5. The van der Waals surface area contributed by atoms with Gasteiger partial charge in [-0.15, -0.1) is 0 Å². The van der Waals surface area contributed by atoms with Gasteiger partial charge in [0.05, 0.1) is 6.61 Å². The molecule has 1 aliphatic heterocycles. The van der Waals surface area contributed by atoms with E-state index in [2.05, 4.69) is 8.83 Å². The number of nitrogens with zero attached hydrogens (tertiary/aromatic N) is 2. The Morgan fingerprint density at radius 1 is 1.09 bits per heavy atom. The highest BCUT2D eigenvalue weighted by Crippen LogP contribution is 2.57. The first-order valence-corrected chi connectivity index (χ1v) is 13.0. The van der Waals surface area contributed by atoms with Gasteiger partial charge in [0.15, 0.2) is 6.23 Å². The summed E-state index contributed by atoms with van der Waals surface area (Å²) >= 11 is 5.94. The maximum absolute atomic E-state index is 12.9. The van der Waals surface area contributed by atoms with Crippen LogP contribution in [0.1, 0.15) is 11.8 Å². The normalized spacial score (nSPS) is 24.8. The van der Waals surface area contributed by atoms with Crippen molar-refractivity contribution < 1.29 is 47.6 Å². The first-order chi connectivity index (χ1) is 15.8. The van der Waals surface area contributed by atoms with Crippen LogP contribution in [0.25, 0.3) is 0 Å². The summed E-state index contributed by atoms with van der Waals surface area (Å²) in [5.74, 6) is 0. The summed E-state index contributed by atoms with van der Waals surface area (Å²) in [5.41, 5.74) is -0.707. The molecule has 5 atom stereocenters. The first kappa shape index (κ1) is 26.9. The number of benzene rings is 1. The van der Waals surface area contributed by atoms with Gasteiger partial charge in [-0.05, 0) is 24.1 Å². The van der Waals surface area contributed by atoms with E-state index in [1.54, 1.807) is 24.3 Å². The molecule has 2 aromatic rings. The number of hydrogen-bond donors (Lipinski definition) is 5. The van der Waals surface area contributed by atoms with E-state index < -0.39 is 58.0 Å². The van der Waals surface area contributed by atoms with Gasteiger partial charge in [-0.2, -0.15) is 4.31 Å². The Morgan fingerprint density at radius 2 is 1.79 bits per heavy atom. The molecule has 0 saturated carbocycles. The van der Waals surface area contributed by atoms with Crippen LogP contribution in [0.15, 0.2) is 46.1 Å². The van der Waals surface area contributed by atoms with Gasteiger partial charge in [0, 0.05) is 23.8 Å². The van der Waals surface area contributed by atoms with Crippen LogP contribution in [0.4, 0.5) is 0 Å². The summed E-state index contributed by atoms with van der Waals surface area (Å²) in [6.45, 7) is -0.949. The van der Waals surface area contributed by atoms with E-state index in [-0.39, 0.29) is 13.0 Å². The number of aryl methyl sites for hydroxylation is 1. The molecule has 2 heterocycles. The number of aromatic nitrogens is 2. The Morgan fingerprint density at radius 3 is 2.44 bits per heavy atom. The van der Waals surface area contributed by atoms with Gasteiger partial charge in [0.1, 0.15) is 18.3 Å². The molecule has 0 amide bonds. The molecule has 0 spiro atoms. The number of phosphoric ester groups is 1. The molecule has 34 heavy (non-hydrogen) atoms. The smallest absolute Gasteiger partial charge is 0.387 e. The fraction of sp³-hybridized carbons (Fsp3) is 0.412. The maximum atomic E-state index is 12.9. The molecule has 3 rings (SSSR count). The summed E-state index contributed by atoms with van der Waals surface area (Å²) in [6, 6.07) is 7.88. The fourth-order valence-electron chi connectivity index (χ4n) is 3.29. The second-order valence-corrected chi connectivity index (χ2v) is 10.5. The topological polar surface area (TPSA) is 207 Å². The molecule has 1 fully saturated rings. The largest absolute Gasteiger partial charge is 0.481 e.